The van der Waals surface area contributed by atoms with Gasteiger partial charge >= 0.3 is 0 Å². The third kappa shape index (κ3) is 4.21. The number of azide groups is 1. The smallest absolute Gasteiger partial charge is 0.0432 e. The Morgan fingerprint density at radius 3 is 2.50 bits per heavy atom. The SMILES string of the molecule is CCCCC(C)(C)N=[N+]=[N-]. The highest BCUT2D eigenvalue weighted by Gasteiger charge is 2.13. The third-order valence-corrected chi connectivity index (χ3v) is 1.46. The van der Waals surface area contributed by atoms with Crippen molar-refractivity contribution in [2.75, 3.05) is 0 Å². The van der Waals surface area contributed by atoms with Crippen molar-refractivity contribution in [1.29, 1.82) is 0 Å². The molecule has 0 aromatic heterocycles. The van der Waals surface area contributed by atoms with Gasteiger partial charge in [-0.25, -0.2) is 0 Å². The molecule has 0 aliphatic heterocycles. The van der Waals surface area contributed by atoms with Gasteiger partial charge in [0.2, 0.25) is 0 Å². The van der Waals surface area contributed by atoms with Crippen LogP contribution in [0.25, 0.3) is 10.4 Å². The molecule has 0 aromatic carbocycles. The molecule has 0 aliphatic rings. The molecule has 58 valence electrons. The molecular formula is C7H15N3. The molecule has 10 heavy (non-hydrogen) atoms. The third-order valence-electron chi connectivity index (χ3n) is 1.46. The Balaban J connectivity index is 3.74. The molecule has 0 rings (SSSR count). The molecule has 3 heteroatoms. The Hall–Kier alpha value is -0.690. The molecule has 0 N–H and O–H groups in total. The topological polar surface area (TPSA) is 48.8 Å². The van der Waals surface area contributed by atoms with E-state index in [1.807, 2.05) is 13.8 Å². The largest absolute Gasteiger partial charge is 0.0878 e. The van der Waals surface area contributed by atoms with Crippen molar-refractivity contribution in [2.45, 2.75) is 45.6 Å². The molecule has 0 unspecified atom stereocenters. The van der Waals surface area contributed by atoms with Gasteiger partial charge < -0.3 is 0 Å². The lowest BCUT2D eigenvalue weighted by atomic mass is 9.99. The van der Waals surface area contributed by atoms with Crippen LogP contribution in [0.4, 0.5) is 0 Å². The minimum Gasteiger partial charge on any atom is -0.0878 e. The summed E-state index contributed by atoms with van der Waals surface area (Å²) in [7, 11) is 0. The Bertz CT molecular complexity index is 134. The molecule has 0 spiro atoms. The summed E-state index contributed by atoms with van der Waals surface area (Å²) < 4.78 is 0. The summed E-state index contributed by atoms with van der Waals surface area (Å²) in [6.45, 7) is 6.05. The van der Waals surface area contributed by atoms with Crippen molar-refractivity contribution in [3.63, 3.8) is 0 Å². The van der Waals surface area contributed by atoms with Crippen LogP contribution in [0.3, 0.4) is 0 Å². The van der Waals surface area contributed by atoms with Crippen LogP contribution in [0, 0.1) is 0 Å². The first-order chi connectivity index (χ1) is 4.62. The minimum absolute atomic E-state index is 0.190. The van der Waals surface area contributed by atoms with Crippen LogP contribution in [0.15, 0.2) is 5.11 Å². The highest BCUT2D eigenvalue weighted by atomic mass is 15.2. The van der Waals surface area contributed by atoms with E-state index in [0.717, 1.165) is 19.3 Å². The Morgan fingerprint density at radius 2 is 2.10 bits per heavy atom. The highest BCUT2D eigenvalue weighted by molar-refractivity contribution is 4.76. The number of rotatable bonds is 4. The number of hydrogen-bond donors (Lipinski definition) is 0. The van der Waals surface area contributed by atoms with Gasteiger partial charge in [-0.05, 0) is 12.0 Å². The molecule has 0 bridgehead atoms. The molecule has 0 radical (unpaired) electrons. The Kier molecular flexibility index (Phi) is 3.89. The Morgan fingerprint density at radius 1 is 1.50 bits per heavy atom. The van der Waals surface area contributed by atoms with Gasteiger partial charge in [0.25, 0.3) is 0 Å². The van der Waals surface area contributed by atoms with E-state index in [1.54, 1.807) is 0 Å². The number of unbranched alkanes of at least 4 members (excludes halogenated alkanes) is 1. The van der Waals surface area contributed by atoms with Crippen molar-refractivity contribution in [3.05, 3.63) is 10.4 Å². The summed E-state index contributed by atoms with van der Waals surface area (Å²) in [6.07, 6.45) is 3.27. The summed E-state index contributed by atoms with van der Waals surface area (Å²) >= 11 is 0. The standard InChI is InChI=1S/C7H15N3/c1-4-5-6-7(2,3)9-10-8/h4-6H2,1-3H3. The predicted molar refractivity (Wildman–Crippen MR) is 42.8 cm³/mol. The molecular weight excluding hydrogens is 126 g/mol. The molecule has 0 amide bonds. The average Bonchev–Trinajstić information content (AvgIpc) is 1.84. The monoisotopic (exact) mass is 141 g/mol. The van der Waals surface area contributed by atoms with Gasteiger partial charge in [-0.2, -0.15) is 0 Å². The van der Waals surface area contributed by atoms with Gasteiger partial charge in [-0.15, -0.1) is 0 Å². The van der Waals surface area contributed by atoms with Crippen molar-refractivity contribution < 1.29 is 0 Å². The number of hydrogen-bond acceptors (Lipinski definition) is 1. The van der Waals surface area contributed by atoms with Gasteiger partial charge in [0.1, 0.15) is 0 Å². The van der Waals surface area contributed by atoms with E-state index < -0.39 is 0 Å². The van der Waals surface area contributed by atoms with E-state index in [0.29, 0.717) is 0 Å². The quantitative estimate of drug-likeness (QED) is 0.328. The van der Waals surface area contributed by atoms with Crippen molar-refractivity contribution in [3.8, 4) is 0 Å². The number of nitrogens with zero attached hydrogens (tertiary/aromatic N) is 3. The van der Waals surface area contributed by atoms with Crippen LogP contribution in [0.5, 0.6) is 0 Å². The van der Waals surface area contributed by atoms with E-state index in [9.17, 15) is 0 Å². The first kappa shape index (κ1) is 9.31. The fraction of sp³-hybridized carbons (Fsp3) is 1.00. The summed E-state index contributed by atoms with van der Waals surface area (Å²) in [5, 5.41) is 3.67. The second-order valence-electron chi connectivity index (χ2n) is 3.11. The van der Waals surface area contributed by atoms with Gasteiger partial charge in [0, 0.05) is 10.5 Å². The van der Waals surface area contributed by atoms with Crippen LogP contribution in [0.1, 0.15) is 40.0 Å². The van der Waals surface area contributed by atoms with Crippen molar-refractivity contribution in [2.24, 2.45) is 5.11 Å². The molecule has 0 aliphatic carbocycles. The summed E-state index contributed by atoms with van der Waals surface area (Å²) in [5.41, 5.74) is 7.97. The first-order valence-electron chi connectivity index (χ1n) is 3.68. The maximum absolute atomic E-state index is 8.16. The van der Waals surface area contributed by atoms with E-state index in [4.69, 9.17) is 5.53 Å². The molecule has 0 fully saturated rings. The van der Waals surface area contributed by atoms with Crippen molar-refractivity contribution >= 4 is 0 Å². The van der Waals surface area contributed by atoms with E-state index in [2.05, 4.69) is 16.9 Å². The highest BCUT2D eigenvalue weighted by Crippen LogP contribution is 2.17. The molecule has 0 saturated carbocycles. The van der Waals surface area contributed by atoms with Crippen LogP contribution < -0.4 is 0 Å². The molecule has 0 saturated heterocycles. The normalized spacial score (nSPS) is 10.7. The van der Waals surface area contributed by atoms with Gasteiger partial charge in [0.15, 0.2) is 0 Å². The summed E-state index contributed by atoms with van der Waals surface area (Å²) in [6, 6.07) is 0. The lowest BCUT2D eigenvalue weighted by molar-refractivity contribution is 0.454. The van der Waals surface area contributed by atoms with Crippen molar-refractivity contribution in [1.82, 2.24) is 0 Å². The van der Waals surface area contributed by atoms with Gasteiger partial charge in [0.05, 0.1) is 0 Å². The zero-order valence-electron chi connectivity index (χ0n) is 6.96. The van der Waals surface area contributed by atoms with Gasteiger partial charge in [-0.1, -0.05) is 38.7 Å². The summed E-state index contributed by atoms with van der Waals surface area (Å²) in [4.78, 5) is 2.79. The van der Waals surface area contributed by atoms with E-state index >= 15 is 0 Å². The lowest BCUT2D eigenvalue weighted by Crippen LogP contribution is -2.14. The molecule has 0 atom stereocenters. The summed E-state index contributed by atoms with van der Waals surface area (Å²) in [5.74, 6) is 0. The Labute approximate surface area is 62.1 Å². The maximum Gasteiger partial charge on any atom is 0.0432 e. The first-order valence-corrected chi connectivity index (χ1v) is 3.68. The minimum atomic E-state index is -0.190. The fourth-order valence-electron chi connectivity index (χ4n) is 0.780. The van der Waals surface area contributed by atoms with E-state index in [1.165, 1.54) is 0 Å². The van der Waals surface area contributed by atoms with Gasteiger partial charge in [-0.3, -0.25) is 0 Å². The predicted octanol–water partition coefficient (Wildman–Crippen LogP) is 3.27. The average molecular weight is 141 g/mol. The van der Waals surface area contributed by atoms with E-state index in [-0.39, 0.29) is 5.54 Å². The molecule has 0 aromatic rings. The maximum atomic E-state index is 8.16. The molecule has 0 heterocycles. The van der Waals surface area contributed by atoms with Crippen LogP contribution in [-0.4, -0.2) is 5.54 Å². The second kappa shape index (κ2) is 4.18. The molecule has 3 nitrogen and oxygen atoms in total. The fourth-order valence-corrected chi connectivity index (χ4v) is 0.780. The lowest BCUT2D eigenvalue weighted by Gasteiger charge is -2.15. The van der Waals surface area contributed by atoms with Crippen LogP contribution >= 0.6 is 0 Å². The zero-order chi connectivity index (χ0) is 8.04. The second-order valence-corrected chi connectivity index (χ2v) is 3.11. The van der Waals surface area contributed by atoms with Crippen LogP contribution in [0.2, 0.25) is 0 Å². The van der Waals surface area contributed by atoms with Crippen LogP contribution in [-0.2, 0) is 0 Å². The zero-order valence-corrected chi connectivity index (χ0v) is 6.96.